The lowest BCUT2D eigenvalue weighted by Gasteiger charge is -2.30. The van der Waals surface area contributed by atoms with Crippen LogP contribution in [0.4, 0.5) is 0 Å². The molecule has 0 aliphatic rings. The molecule has 0 heterocycles. The van der Waals surface area contributed by atoms with Gasteiger partial charge in [0.2, 0.25) is 11.8 Å². The molecule has 0 saturated carbocycles. The van der Waals surface area contributed by atoms with Crippen LogP contribution in [-0.4, -0.2) is 35.6 Å². The first-order chi connectivity index (χ1) is 12.6. The molecule has 0 bridgehead atoms. The number of aryl methyl sites for hydroxylation is 1. The molecule has 0 fully saturated rings. The van der Waals surface area contributed by atoms with Crippen LogP contribution < -0.4 is 5.32 Å². The van der Waals surface area contributed by atoms with Crippen molar-refractivity contribution in [2.24, 2.45) is 0 Å². The number of rotatable bonds is 8. The minimum Gasteiger partial charge on any atom is -0.357 e. The van der Waals surface area contributed by atoms with Gasteiger partial charge in [0, 0.05) is 18.5 Å². The molecule has 4 nitrogen and oxygen atoms in total. The molecular formula is C21H26N2O2S. The lowest BCUT2D eigenvalue weighted by Crippen LogP contribution is -2.48. The van der Waals surface area contributed by atoms with Crippen molar-refractivity contribution in [3.63, 3.8) is 0 Å². The van der Waals surface area contributed by atoms with Crippen LogP contribution in [0.3, 0.4) is 0 Å². The summed E-state index contributed by atoms with van der Waals surface area (Å²) in [5.74, 6) is 0.153. The third-order valence-corrected chi connectivity index (χ3v) is 5.34. The lowest BCUT2D eigenvalue weighted by atomic mass is 10.1. The number of nitrogens with zero attached hydrogens (tertiary/aromatic N) is 1. The maximum Gasteiger partial charge on any atom is 0.242 e. The van der Waals surface area contributed by atoms with Gasteiger partial charge < -0.3 is 10.2 Å². The fourth-order valence-electron chi connectivity index (χ4n) is 2.80. The van der Waals surface area contributed by atoms with Crippen LogP contribution in [0.5, 0.6) is 0 Å². The number of hydrogen-bond donors (Lipinski definition) is 1. The van der Waals surface area contributed by atoms with Crippen LogP contribution in [0.15, 0.2) is 59.5 Å². The summed E-state index contributed by atoms with van der Waals surface area (Å²) in [6.07, 6.45) is 0.577. The van der Waals surface area contributed by atoms with Crippen LogP contribution >= 0.6 is 11.8 Å². The van der Waals surface area contributed by atoms with E-state index in [0.717, 1.165) is 16.0 Å². The number of thioether (sulfide) groups is 1. The molecule has 1 N–H and O–H groups in total. The minimum absolute atomic E-state index is 0.0300. The van der Waals surface area contributed by atoms with E-state index in [1.807, 2.05) is 68.4 Å². The molecule has 0 aromatic heterocycles. The average molecular weight is 371 g/mol. The Labute approximate surface area is 160 Å². The second kappa shape index (κ2) is 10.0. The summed E-state index contributed by atoms with van der Waals surface area (Å²) >= 11 is 1.50. The second-order valence-corrected chi connectivity index (χ2v) is 7.14. The molecule has 2 aromatic rings. The fraction of sp³-hybridized carbons (Fsp3) is 0.333. The predicted octanol–water partition coefficient (Wildman–Crippen LogP) is 3.64. The highest BCUT2D eigenvalue weighted by Crippen LogP contribution is 2.21. The van der Waals surface area contributed by atoms with E-state index in [1.165, 1.54) is 11.8 Å². The number of amides is 2. The lowest BCUT2D eigenvalue weighted by molar-refractivity contribution is -0.139. The summed E-state index contributed by atoms with van der Waals surface area (Å²) in [5.41, 5.74) is 2.18. The molecule has 1 unspecified atom stereocenters. The molecule has 0 aliphatic carbocycles. The van der Waals surface area contributed by atoms with Gasteiger partial charge in [0.1, 0.15) is 6.04 Å². The first kappa shape index (κ1) is 20.0. The van der Waals surface area contributed by atoms with E-state index in [2.05, 4.69) is 5.32 Å². The maximum atomic E-state index is 13.0. The molecule has 0 spiro atoms. The first-order valence-corrected chi connectivity index (χ1v) is 9.78. The smallest absolute Gasteiger partial charge is 0.242 e. The van der Waals surface area contributed by atoms with Crippen LogP contribution in [0, 0.1) is 6.92 Å². The van der Waals surface area contributed by atoms with E-state index in [1.54, 1.807) is 11.9 Å². The Bertz CT molecular complexity index is 734. The van der Waals surface area contributed by atoms with Crippen molar-refractivity contribution < 1.29 is 9.59 Å². The van der Waals surface area contributed by atoms with E-state index in [4.69, 9.17) is 0 Å². The summed E-state index contributed by atoms with van der Waals surface area (Å²) in [6.45, 7) is 4.40. The van der Waals surface area contributed by atoms with Gasteiger partial charge in [0.15, 0.2) is 0 Å². The molecule has 0 saturated heterocycles. The van der Waals surface area contributed by atoms with Crippen molar-refractivity contribution in [3.8, 4) is 0 Å². The van der Waals surface area contributed by atoms with E-state index in [-0.39, 0.29) is 11.8 Å². The number of benzene rings is 2. The van der Waals surface area contributed by atoms with Crippen LogP contribution in [0.1, 0.15) is 24.5 Å². The fourth-order valence-corrected chi connectivity index (χ4v) is 3.61. The molecule has 5 heteroatoms. The standard InChI is InChI=1S/C21H26N2O2S/c1-4-19(21(25)22-3)23(14-17-11-9-8-10-16(17)2)20(24)15-26-18-12-6-5-7-13-18/h5-13,19H,4,14-15H2,1-3H3,(H,22,25). The number of nitrogens with one attached hydrogen (secondary N) is 1. The van der Waals surface area contributed by atoms with Crippen LogP contribution in [0.25, 0.3) is 0 Å². The van der Waals surface area contributed by atoms with Gasteiger partial charge in [-0.2, -0.15) is 0 Å². The molecule has 2 rings (SSSR count). The normalized spacial score (nSPS) is 11.7. The Balaban J connectivity index is 2.19. The highest BCUT2D eigenvalue weighted by Gasteiger charge is 2.28. The molecule has 138 valence electrons. The van der Waals surface area contributed by atoms with Crippen LogP contribution in [0.2, 0.25) is 0 Å². The zero-order valence-electron chi connectivity index (χ0n) is 15.6. The molecule has 1 atom stereocenters. The van der Waals surface area contributed by atoms with E-state index in [9.17, 15) is 9.59 Å². The predicted molar refractivity (Wildman–Crippen MR) is 107 cm³/mol. The zero-order chi connectivity index (χ0) is 18.9. The van der Waals surface area contributed by atoms with Crippen molar-refractivity contribution in [1.82, 2.24) is 10.2 Å². The topological polar surface area (TPSA) is 49.4 Å². The average Bonchev–Trinajstić information content (AvgIpc) is 2.67. The Kier molecular flexibility index (Phi) is 7.73. The highest BCUT2D eigenvalue weighted by atomic mass is 32.2. The first-order valence-electron chi connectivity index (χ1n) is 8.80. The number of hydrogen-bond acceptors (Lipinski definition) is 3. The van der Waals surface area contributed by atoms with Crippen LogP contribution in [-0.2, 0) is 16.1 Å². The summed E-state index contributed by atoms with van der Waals surface area (Å²) < 4.78 is 0. The van der Waals surface area contributed by atoms with Crippen molar-refractivity contribution >= 4 is 23.6 Å². The SMILES string of the molecule is CCC(C(=O)NC)N(Cc1ccccc1C)C(=O)CSc1ccccc1. The largest absolute Gasteiger partial charge is 0.357 e. The molecule has 0 aliphatic heterocycles. The highest BCUT2D eigenvalue weighted by molar-refractivity contribution is 8.00. The summed E-state index contributed by atoms with van der Waals surface area (Å²) in [6, 6.07) is 17.3. The quantitative estimate of drug-likeness (QED) is 0.722. The Morgan fingerprint density at radius 2 is 1.73 bits per heavy atom. The molecular weight excluding hydrogens is 344 g/mol. The van der Waals surface area contributed by atoms with E-state index >= 15 is 0 Å². The zero-order valence-corrected chi connectivity index (χ0v) is 16.4. The van der Waals surface area contributed by atoms with Gasteiger partial charge in [-0.3, -0.25) is 9.59 Å². The van der Waals surface area contributed by atoms with Crippen molar-refractivity contribution in [3.05, 3.63) is 65.7 Å². The minimum atomic E-state index is -0.469. The van der Waals surface area contributed by atoms with Gasteiger partial charge in [-0.05, 0) is 36.6 Å². The summed E-state index contributed by atoms with van der Waals surface area (Å²) in [4.78, 5) is 28.1. The Morgan fingerprint density at radius 1 is 1.08 bits per heavy atom. The van der Waals surface area contributed by atoms with E-state index in [0.29, 0.717) is 18.7 Å². The number of carbonyl (C=O) groups is 2. The van der Waals surface area contributed by atoms with Gasteiger partial charge in [-0.1, -0.05) is 49.4 Å². The third-order valence-electron chi connectivity index (χ3n) is 4.34. The number of likely N-dealkylation sites (N-methyl/N-ethyl adjacent to an activating group) is 1. The third kappa shape index (κ3) is 5.36. The second-order valence-electron chi connectivity index (χ2n) is 6.09. The van der Waals surface area contributed by atoms with Crippen molar-refractivity contribution in [1.29, 1.82) is 0 Å². The number of carbonyl (C=O) groups excluding carboxylic acids is 2. The Morgan fingerprint density at radius 3 is 2.35 bits per heavy atom. The summed E-state index contributed by atoms with van der Waals surface area (Å²) in [7, 11) is 1.61. The monoisotopic (exact) mass is 370 g/mol. The van der Waals surface area contributed by atoms with Gasteiger partial charge >= 0.3 is 0 Å². The van der Waals surface area contributed by atoms with Crippen molar-refractivity contribution in [2.75, 3.05) is 12.8 Å². The maximum absolute atomic E-state index is 13.0. The van der Waals surface area contributed by atoms with Gasteiger partial charge in [0.25, 0.3) is 0 Å². The molecule has 2 amide bonds. The van der Waals surface area contributed by atoms with Gasteiger partial charge in [-0.15, -0.1) is 11.8 Å². The van der Waals surface area contributed by atoms with Gasteiger partial charge in [0.05, 0.1) is 5.75 Å². The molecule has 2 aromatic carbocycles. The Hall–Kier alpha value is -2.27. The van der Waals surface area contributed by atoms with Crippen molar-refractivity contribution in [2.45, 2.75) is 37.8 Å². The molecule has 26 heavy (non-hydrogen) atoms. The summed E-state index contributed by atoms with van der Waals surface area (Å²) in [5, 5.41) is 2.69. The molecule has 0 radical (unpaired) electrons. The van der Waals surface area contributed by atoms with Gasteiger partial charge in [-0.25, -0.2) is 0 Å². The van der Waals surface area contributed by atoms with E-state index < -0.39 is 6.04 Å².